The Morgan fingerprint density at radius 2 is 1.95 bits per heavy atom. The smallest absolute Gasteiger partial charge is 0.286 e. The van der Waals surface area contributed by atoms with Crippen LogP contribution in [0.25, 0.3) is 10.1 Å². The van der Waals surface area contributed by atoms with E-state index in [1.165, 1.54) is 22.1 Å². The van der Waals surface area contributed by atoms with Gasteiger partial charge in [-0.25, -0.2) is 9.97 Å². The van der Waals surface area contributed by atoms with Crippen molar-refractivity contribution in [1.82, 2.24) is 30.0 Å². The maximum Gasteiger partial charge on any atom is 0.286 e. The molecule has 2 aliphatic heterocycles. The van der Waals surface area contributed by atoms with E-state index in [1.54, 1.807) is 12.3 Å². The van der Waals surface area contributed by atoms with Crippen LogP contribution in [0.4, 0.5) is 16.6 Å². The third kappa shape index (κ3) is 5.02. The monoisotopic (exact) mass is 581 g/mol. The first-order valence-corrected chi connectivity index (χ1v) is 14.5. The molecule has 0 unspecified atom stereocenters. The molecular formula is C25H27N9O4S2. The zero-order chi connectivity index (χ0) is 28.0. The van der Waals surface area contributed by atoms with Crippen molar-refractivity contribution in [3.8, 4) is 0 Å². The fourth-order valence-electron chi connectivity index (χ4n) is 5.05. The van der Waals surface area contributed by atoms with Crippen LogP contribution in [0.1, 0.15) is 58.6 Å². The number of nitrogen functional groups attached to an aromatic ring is 1. The second-order valence-electron chi connectivity index (χ2n) is 10.00. The van der Waals surface area contributed by atoms with Crippen LogP contribution in [0.2, 0.25) is 0 Å². The Labute approximate surface area is 236 Å². The maximum absolute atomic E-state index is 13.4. The number of fused-ring (bicyclic) bond motifs is 2. The number of anilines is 3. The molecule has 5 N–H and O–H groups in total. The normalized spacial score (nSPS) is 19.1. The fraction of sp³-hybridized carbons (Fsp3) is 0.400. The van der Waals surface area contributed by atoms with Gasteiger partial charge in [0.1, 0.15) is 23.4 Å². The Balaban J connectivity index is 1.16. The van der Waals surface area contributed by atoms with Gasteiger partial charge in [0, 0.05) is 40.2 Å². The van der Waals surface area contributed by atoms with E-state index >= 15 is 0 Å². The summed E-state index contributed by atoms with van der Waals surface area (Å²) in [5.74, 6) is -0.0522. The van der Waals surface area contributed by atoms with E-state index in [0.29, 0.717) is 55.7 Å². The van der Waals surface area contributed by atoms with Gasteiger partial charge in [0.25, 0.3) is 11.5 Å². The number of nitrogens with zero attached hydrogens (tertiary/aromatic N) is 6. The first-order chi connectivity index (χ1) is 19.3. The molecule has 0 aliphatic carbocycles. The summed E-state index contributed by atoms with van der Waals surface area (Å²) in [4.78, 5) is 51.0. The number of piperidine rings is 1. The SMILES string of the molecule is C[C@@H]1C[C@@H](C(=O)NCc2cc3cnc(N)cc3s2)n2c1ncc(NC(=O)c1nnc(N3CCC(O)CC3)s1)c2=O. The molecule has 2 aliphatic rings. The highest BCUT2D eigenvalue weighted by molar-refractivity contribution is 7.19. The Bertz CT molecular complexity index is 1660. The van der Waals surface area contributed by atoms with Crippen LogP contribution in [-0.2, 0) is 11.3 Å². The summed E-state index contributed by atoms with van der Waals surface area (Å²) in [5, 5.41) is 25.0. The summed E-state index contributed by atoms with van der Waals surface area (Å²) in [6.07, 6.45) is 4.37. The van der Waals surface area contributed by atoms with Gasteiger partial charge < -0.3 is 26.4 Å². The molecule has 208 valence electrons. The third-order valence-electron chi connectivity index (χ3n) is 7.16. The summed E-state index contributed by atoms with van der Waals surface area (Å²) >= 11 is 2.63. The van der Waals surface area contributed by atoms with E-state index in [4.69, 9.17) is 5.73 Å². The largest absolute Gasteiger partial charge is 0.393 e. The molecule has 0 spiro atoms. The van der Waals surface area contributed by atoms with Crippen LogP contribution in [0.15, 0.2) is 29.3 Å². The lowest BCUT2D eigenvalue weighted by Crippen LogP contribution is -2.36. The number of nitrogens with two attached hydrogens (primary N) is 1. The third-order valence-corrected chi connectivity index (χ3v) is 9.24. The lowest BCUT2D eigenvalue weighted by atomic mass is 10.1. The van der Waals surface area contributed by atoms with Gasteiger partial charge >= 0.3 is 0 Å². The molecule has 6 heterocycles. The molecule has 2 amide bonds. The van der Waals surface area contributed by atoms with Crippen molar-refractivity contribution in [3.05, 3.63) is 50.6 Å². The molecule has 1 saturated heterocycles. The Hall–Kier alpha value is -3.95. The number of aliphatic hydroxyl groups is 1. The highest BCUT2D eigenvalue weighted by Crippen LogP contribution is 2.34. The minimum Gasteiger partial charge on any atom is -0.393 e. The van der Waals surface area contributed by atoms with Crippen LogP contribution >= 0.6 is 22.7 Å². The molecule has 0 bridgehead atoms. The van der Waals surface area contributed by atoms with Crippen LogP contribution in [0.5, 0.6) is 0 Å². The molecule has 0 saturated carbocycles. The van der Waals surface area contributed by atoms with Crippen molar-refractivity contribution in [1.29, 1.82) is 0 Å². The number of carbonyl (C=O) groups excluding carboxylic acids is 2. The number of nitrogens with one attached hydrogen (secondary N) is 2. The first kappa shape index (κ1) is 26.3. The molecule has 4 aromatic rings. The van der Waals surface area contributed by atoms with Gasteiger partial charge in [-0.15, -0.1) is 21.5 Å². The van der Waals surface area contributed by atoms with Gasteiger partial charge in [0.05, 0.1) is 18.8 Å². The number of hydrogen-bond acceptors (Lipinski definition) is 12. The zero-order valence-electron chi connectivity index (χ0n) is 21.5. The molecule has 0 radical (unpaired) electrons. The van der Waals surface area contributed by atoms with Crippen LogP contribution < -0.4 is 26.8 Å². The van der Waals surface area contributed by atoms with Gasteiger partial charge in [-0.1, -0.05) is 18.3 Å². The lowest BCUT2D eigenvalue weighted by Gasteiger charge is -2.28. The van der Waals surface area contributed by atoms with Gasteiger partial charge in [0.2, 0.25) is 16.0 Å². The molecule has 4 aromatic heterocycles. The van der Waals surface area contributed by atoms with E-state index in [9.17, 15) is 19.5 Å². The maximum atomic E-state index is 13.4. The zero-order valence-corrected chi connectivity index (χ0v) is 23.2. The topological polar surface area (TPSA) is 181 Å². The minimum absolute atomic E-state index is 0.0342. The number of aromatic nitrogens is 5. The number of pyridine rings is 1. The average molecular weight is 582 g/mol. The van der Waals surface area contributed by atoms with Crippen molar-refractivity contribution in [2.24, 2.45) is 0 Å². The fourth-order valence-corrected chi connectivity index (χ4v) is 6.87. The average Bonchev–Trinajstić information content (AvgIpc) is 3.66. The van der Waals surface area contributed by atoms with Crippen molar-refractivity contribution >= 4 is 61.2 Å². The second-order valence-corrected chi connectivity index (χ2v) is 12.1. The summed E-state index contributed by atoms with van der Waals surface area (Å²) in [6, 6.07) is 2.99. The molecule has 13 nitrogen and oxygen atoms in total. The number of amides is 2. The Morgan fingerprint density at radius 1 is 1.15 bits per heavy atom. The van der Waals surface area contributed by atoms with Gasteiger partial charge in [-0.05, 0) is 31.4 Å². The molecule has 1 fully saturated rings. The molecule has 15 heteroatoms. The van der Waals surface area contributed by atoms with Gasteiger partial charge in [0.15, 0.2) is 0 Å². The Morgan fingerprint density at radius 3 is 2.75 bits per heavy atom. The molecule has 6 rings (SSSR count). The molecule has 2 atom stereocenters. The van der Waals surface area contributed by atoms with Gasteiger partial charge in [-0.2, -0.15) is 0 Å². The first-order valence-electron chi connectivity index (χ1n) is 12.9. The molecule has 0 aromatic carbocycles. The number of carbonyl (C=O) groups is 2. The predicted molar refractivity (Wildman–Crippen MR) is 152 cm³/mol. The quantitative estimate of drug-likeness (QED) is 0.262. The number of rotatable bonds is 6. The standard InChI is InChI=1S/C25H27N9O4S2/c1-12-6-17(21(36)29-10-15-7-13-9-27-19(26)8-18(13)39-15)34-20(12)28-11-16(24(34)38)30-22(37)23-31-32-25(40-23)33-4-2-14(35)3-5-33/h7-9,11-12,14,17,35H,2-6,10H2,1H3,(H2,26,27)(H,29,36)(H,30,37)/t12-,17+/m1/s1. The van der Waals surface area contributed by atoms with E-state index in [1.807, 2.05) is 17.9 Å². The summed E-state index contributed by atoms with van der Waals surface area (Å²) in [6.45, 7) is 3.47. The van der Waals surface area contributed by atoms with Crippen molar-refractivity contribution < 1.29 is 14.7 Å². The van der Waals surface area contributed by atoms with E-state index < -0.39 is 17.5 Å². The highest BCUT2D eigenvalue weighted by Gasteiger charge is 2.36. The summed E-state index contributed by atoms with van der Waals surface area (Å²) in [7, 11) is 0. The number of aliphatic hydroxyl groups excluding tert-OH is 1. The van der Waals surface area contributed by atoms with Crippen LogP contribution in [0, 0.1) is 0 Å². The van der Waals surface area contributed by atoms with Gasteiger partial charge in [-0.3, -0.25) is 19.0 Å². The lowest BCUT2D eigenvalue weighted by molar-refractivity contribution is -0.124. The van der Waals surface area contributed by atoms with Crippen molar-refractivity contribution in [2.45, 2.75) is 50.8 Å². The van der Waals surface area contributed by atoms with E-state index in [2.05, 4.69) is 30.8 Å². The number of hydrogen-bond donors (Lipinski definition) is 4. The van der Waals surface area contributed by atoms with E-state index in [-0.39, 0.29) is 28.6 Å². The second kappa shape index (κ2) is 10.6. The molecule has 40 heavy (non-hydrogen) atoms. The summed E-state index contributed by atoms with van der Waals surface area (Å²) in [5.41, 5.74) is 5.23. The Kier molecular flexibility index (Phi) is 6.93. The van der Waals surface area contributed by atoms with Crippen molar-refractivity contribution in [3.63, 3.8) is 0 Å². The summed E-state index contributed by atoms with van der Waals surface area (Å²) < 4.78 is 2.35. The number of thiophene rings is 1. The predicted octanol–water partition coefficient (Wildman–Crippen LogP) is 1.86. The van der Waals surface area contributed by atoms with Crippen molar-refractivity contribution in [2.75, 3.05) is 29.0 Å². The van der Waals surface area contributed by atoms with Crippen LogP contribution in [-0.4, -0.2) is 60.8 Å². The molecular weight excluding hydrogens is 554 g/mol. The highest BCUT2D eigenvalue weighted by atomic mass is 32.1. The minimum atomic E-state index is -0.754. The van der Waals surface area contributed by atoms with E-state index in [0.717, 1.165) is 26.3 Å². The van der Waals surface area contributed by atoms with Crippen LogP contribution in [0.3, 0.4) is 0 Å².